The first kappa shape index (κ1) is 31.2. The lowest BCUT2D eigenvalue weighted by Gasteiger charge is -2.34. The van der Waals surface area contributed by atoms with Gasteiger partial charge in [-0.05, 0) is 99.7 Å². The van der Waals surface area contributed by atoms with Gasteiger partial charge in [-0.1, -0.05) is 48.9 Å². The van der Waals surface area contributed by atoms with Crippen molar-refractivity contribution in [2.24, 2.45) is 0 Å². The summed E-state index contributed by atoms with van der Waals surface area (Å²) in [5, 5.41) is 3.31. The van der Waals surface area contributed by atoms with Gasteiger partial charge in [0.2, 0.25) is 11.8 Å². The highest BCUT2D eigenvalue weighted by molar-refractivity contribution is 7.92. The van der Waals surface area contributed by atoms with Crippen LogP contribution in [-0.4, -0.2) is 43.8 Å². The van der Waals surface area contributed by atoms with E-state index in [1.54, 1.807) is 12.1 Å². The summed E-state index contributed by atoms with van der Waals surface area (Å²) in [7, 11) is -4.16. The lowest BCUT2D eigenvalue weighted by atomic mass is 10.1. The van der Waals surface area contributed by atoms with E-state index < -0.39 is 28.5 Å². The summed E-state index contributed by atoms with van der Waals surface area (Å²) >= 11 is 6.02. The number of carbonyl (C=O) groups excluding carboxylic acids is 2. The third kappa shape index (κ3) is 7.43. The van der Waals surface area contributed by atoms with E-state index in [-0.39, 0.29) is 23.4 Å². The fourth-order valence-electron chi connectivity index (χ4n) is 4.41. The first-order valence-corrected chi connectivity index (χ1v) is 15.2. The number of aryl methyl sites for hydroxylation is 3. The monoisotopic (exact) mass is 583 g/mol. The zero-order valence-electron chi connectivity index (χ0n) is 23.9. The number of nitrogens with one attached hydrogen (secondary N) is 1. The average Bonchev–Trinajstić information content (AvgIpc) is 2.89. The number of sulfonamides is 1. The van der Waals surface area contributed by atoms with Crippen LogP contribution in [0.25, 0.3) is 0 Å². The molecule has 0 saturated heterocycles. The second-order valence-electron chi connectivity index (χ2n) is 10.3. The Labute approximate surface area is 243 Å². The summed E-state index contributed by atoms with van der Waals surface area (Å²) in [6, 6.07) is 17.9. The van der Waals surface area contributed by atoms with Crippen LogP contribution < -0.4 is 9.62 Å². The molecule has 0 aliphatic heterocycles. The molecule has 0 aliphatic rings. The standard InChI is InChI=1S/C31H38ClN3O4S/c1-7-29(31(37)33-21(2)3)34(19-25-11-9-8-10-23(25)5)30(36)20-35(27-15-12-22(4)24(6)18-27)40(38,39)28-16-13-26(32)14-17-28/h8-18,21,29H,7,19-20H2,1-6H3,(H,33,37). The van der Waals surface area contributed by atoms with Gasteiger partial charge in [0.1, 0.15) is 12.6 Å². The topological polar surface area (TPSA) is 86.8 Å². The lowest BCUT2D eigenvalue weighted by molar-refractivity contribution is -0.140. The van der Waals surface area contributed by atoms with Gasteiger partial charge < -0.3 is 10.2 Å². The molecule has 0 radical (unpaired) electrons. The maximum absolute atomic E-state index is 14.1. The molecule has 0 bridgehead atoms. The molecular formula is C31H38ClN3O4S. The molecule has 2 amide bonds. The van der Waals surface area contributed by atoms with Crippen LogP contribution in [0, 0.1) is 20.8 Å². The maximum Gasteiger partial charge on any atom is 0.264 e. The molecule has 1 atom stereocenters. The molecule has 3 aromatic carbocycles. The Morgan fingerprint density at radius 2 is 1.55 bits per heavy atom. The minimum absolute atomic E-state index is 0.0120. The molecular weight excluding hydrogens is 546 g/mol. The van der Waals surface area contributed by atoms with Gasteiger partial charge in [-0.25, -0.2) is 8.42 Å². The van der Waals surface area contributed by atoms with E-state index in [0.29, 0.717) is 17.1 Å². The van der Waals surface area contributed by atoms with E-state index in [1.807, 2.05) is 71.9 Å². The second-order valence-corrected chi connectivity index (χ2v) is 12.6. The smallest absolute Gasteiger partial charge is 0.264 e. The molecule has 0 spiro atoms. The van der Waals surface area contributed by atoms with E-state index in [4.69, 9.17) is 11.6 Å². The van der Waals surface area contributed by atoms with Gasteiger partial charge in [-0.3, -0.25) is 13.9 Å². The number of amides is 2. The Bertz CT molecular complexity index is 1460. The summed E-state index contributed by atoms with van der Waals surface area (Å²) in [5.74, 6) is -0.762. The molecule has 0 aliphatic carbocycles. The fraction of sp³-hybridized carbons (Fsp3) is 0.355. The quantitative estimate of drug-likeness (QED) is 0.309. The summed E-state index contributed by atoms with van der Waals surface area (Å²) in [6.07, 6.45) is 0.365. The largest absolute Gasteiger partial charge is 0.352 e. The summed E-state index contributed by atoms with van der Waals surface area (Å²) in [5.41, 5.74) is 4.10. The van der Waals surface area contributed by atoms with Crippen LogP contribution in [0.2, 0.25) is 5.02 Å². The summed E-state index contributed by atoms with van der Waals surface area (Å²) in [6.45, 7) is 11.0. The second kappa shape index (κ2) is 13.3. The highest BCUT2D eigenvalue weighted by Crippen LogP contribution is 2.27. The van der Waals surface area contributed by atoms with Crippen molar-refractivity contribution in [2.75, 3.05) is 10.8 Å². The van der Waals surface area contributed by atoms with Crippen LogP contribution in [0.3, 0.4) is 0 Å². The van der Waals surface area contributed by atoms with Crippen molar-refractivity contribution < 1.29 is 18.0 Å². The highest BCUT2D eigenvalue weighted by Gasteiger charge is 2.34. The molecule has 1 unspecified atom stereocenters. The van der Waals surface area contributed by atoms with Gasteiger partial charge in [-0.2, -0.15) is 0 Å². The molecule has 3 aromatic rings. The molecule has 0 aromatic heterocycles. The minimum atomic E-state index is -4.16. The average molecular weight is 584 g/mol. The molecule has 3 rings (SSSR count). The zero-order valence-corrected chi connectivity index (χ0v) is 25.5. The van der Waals surface area contributed by atoms with E-state index in [2.05, 4.69) is 5.32 Å². The molecule has 40 heavy (non-hydrogen) atoms. The van der Waals surface area contributed by atoms with Gasteiger partial charge >= 0.3 is 0 Å². The molecule has 9 heteroatoms. The van der Waals surface area contributed by atoms with Crippen molar-refractivity contribution in [3.05, 3.63) is 94.0 Å². The fourth-order valence-corrected chi connectivity index (χ4v) is 5.95. The van der Waals surface area contributed by atoms with Crippen LogP contribution in [0.5, 0.6) is 0 Å². The van der Waals surface area contributed by atoms with Gasteiger partial charge in [0.05, 0.1) is 10.6 Å². The lowest BCUT2D eigenvalue weighted by Crippen LogP contribution is -2.53. The van der Waals surface area contributed by atoms with Gasteiger partial charge in [0.15, 0.2) is 0 Å². The van der Waals surface area contributed by atoms with Crippen LogP contribution in [0.4, 0.5) is 5.69 Å². The van der Waals surface area contributed by atoms with Crippen molar-refractivity contribution in [3.63, 3.8) is 0 Å². The number of rotatable bonds is 11. The third-order valence-electron chi connectivity index (χ3n) is 6.88. The Morgan fingerprint density at radius 3 is 2.12 bits per heavy atom. The van der Waals surface area contributed by atoms with E-state index in [1.165, 1.54) is 29.2 Å². The van der Waals surface area contributed by atoms with Crippen LogP contribution in [0.15, 0.2) is 71.6 Å². The van der Waals surface area contributed by atoms with Crippen molar-refractivity contribution in [3.8, 4) is 0 Å². The van der Waals surface area contributed by atoms with E-state index >= 15 is 0 Å². The van der Waals surface area contributed by atoms with Crippen molar-refractivity contribution >= 4 is 39.1 Å². The van der Waals surface area contributed by atoms with Crippen LogP contribution in [0.1, 0.15) is 49.4 Å². The number of hydrogen-bond acceptors (Lipinski definition) is 4. The first-order chi connectivity index (χ1) is 18.8. The maximum atomic E-state index is 14.1. The molecule has 214 valence electrons. The Kier molecular flexibility index (Phi) is 10.4. The summed E-state index contributed by atoms with van der Waals surface area (Å²) in [4.78, 5) is 28.9. The first-order valence-electron chi connectivity index (χ1n) is 13.3. The van der Waals surface area contributed by atoms with Crippen LogP contribution >= 0.6 is 11.6 Å². The van der Waals surface area contributed by atoms with Gasteiger partial charge in [0.25, 0.3) is 10.0 Å². The number of hydrogen-bond donors (Lipinski definition) is 1. The number of benzene rings is 3. The van der Waals surface area contributed by atoms with Crippen LogP contribution in [-0.2, 0) is 26.2 Å². The number of nitrogens with zero attached hydrogens (tertiary/aromatic N) is 2. The predicted octanol–water partition coefficient (Wildman–Crippen LogP) is 5.79. The number of anilines is 1. The Morgan fingerprint density at radius 1 is 0.900 bits per heavy atom. The van der Waals surface area contributed by atoms with Crippen molar-refractivity contribution in [1.82, 2.24) is 10.2 Å². The normalized spacial score (nSPS) is 12.2. The molecule has 0 heterocycles. The van der Waals surface area contributed by atoms with Gasteiger partial charge in [0, 0.05) is 17.6 Å². The van der Waals surface area contributed by atoms with E-state index in [9.17, 15) is 18.0 Å². The van der Waals surface area contributed by atoms with Crippen molar-refractivity contribution in [2.45, 2.75) is 71.5 Å². The number of carbonyl (C=O) groups is 2. The molecule has 0 fully saturated rings. The van der Waals surface area contributed by atoms with Gasteiger partial charge in [-0.15, -0.1) is 0 Å². The Hall–Kier alpha value is -3.36. The van der Waals surface area contributed by atoms with Crippen molar-refractivity contribution in [1.29, 1.82) is 0 Å². The SMILES string of the molecule is CCC(C(=O)NC(C)C)N(Cc1ccccc1C)C(=O)CN(c1ccc(C)c(C)c1)S(=O)(=O)c1ccc(Cl)cc1. The molecule has 0 saturated carbocycles. The highest BCUT2D eigenvalue weighted by atomic mass is 35.5. The molecule has 7 nitrogen and oxygen atoms in total. The third-order valence-corrected chi connectivity index (χ3v) is 8.92. The minimum Gasteiger partial charge on any atom is -0.352 e. The predicted molar refractivity (Wildman–Crippen MR) is 161 cm³/mol. The molecule has 1 N–H and O–H groups in total. The number of halogens is 1. The summed E-state index contributed by atoms with van der Waals surface area (Å²) < 4.78 is 29.0. The van der Waals surface area contributed by atoms with E-state index in [0.717, 1.165) is 26.6 Å². The Balaban J connectivity index is 2.10. The zero-order chi connectivity index (χ0) is 29.6.